The molecule has 0 spiro atoms. The summed E-state index contributed by atoms with van der Waals surface area (Å²) >= 11 is 0. The summed E-state index contributed by atoms with van der Waals surface area (Å²) in [6.45, 7) is 0.784. The van der Waals surface area contributed by atoms with Crippen LogP contribution in [0.15, 0.2) is 30.3 Å². The Morgan fingerprint density at radius 2 is 2.05 bits per heavy atom. The average Bonchev–Trinajstić information content (AvgIpc) is 2.83. The first-order valence-corrected chi connectivity index (χ1v) is 6.15. The molecule has 19 heavy (non-hydrogen) atoms. The number of β-amino-alcohol motifs (C(OH)–C–C–N with tert-alkyl or cyclic N) is 1. The minimum atomic E-state index is -0.802. The second-order valence-electron chi connectivity index (χ2n) is 4.58. The topological polar surface area (TPSA) is 95.7 Å². The van der Waals surface area contributed by atoms with E-state index in [0.717, 1.165) is 0 Å². The van der Waals surface area contributed by atoms with Crippen LogP contribution in [0.4, 0.5) is 4.79 Å². The lowest BCUT2D eigenvalue weighted by molar-refractivity contribution is -0.132. The lowest BCUT2D eigenvalue weighted by Crippen LogP contribution is -2.44. The Morgan fingerprint density at radius 3 is 2.58 bits per heavy atom. The highest BCUT2D eigenvalue weighted by molar-refractivity contribution is 5.87. The van der Waals surface area contributed by atoms with E-state index in [2.05, 4.69) is 5.32 Å². The SMILES string of the molecule is NC(=O)NC(C(=O)N1CC[C@H](O)C1)c1ccccc1. The van der Waals surface area contributed by atoms with Crippen molar-refractivity contribution in [3.63, 3.8) is 0 Å². The van der Waals surface area contributed by atoms with E-state index in [1.165, 1.54) is 4.90 Å². The summed E-state index contributed by atoms with van der Waals surface area (Å²) in [7, 11) is 0. The molecule has 1 heterocycles. The molecule has 2 rings (SSSR count). The number of rotatable bonds is 3. The molecule has 6 heteroatoms. The second kappa shape index (κ2) is 5.71. The van der Waals surface area contributed by atoms with Gasteiger partial charge in [-0.3, -0.25) is 4.79 Å². The van der Waals surface area contributed by atoms with E-state index in [1.807, 2.05) is 6.07 Å². The molecular formula is C13H17N3O3. The number of likely N-dealkylation sites (tertiary alicyclic amines) is 1. The summed E-state index contributed by atoms with van der Waals surface area (Å²) < 4.78 is 0. The average molecular weight is 263 g/mol. The largest absolute Gasteiger partial charge is 0.391 e. The monoisotopic (exact) mass is 263 g/mol. The maximum absolute atomic E-state index is 12.4. The van der Waals surface area contributed by atoms with Gasteiger partial charge in [0, 0.05) is 13.1 Å². The fraction of sp³-hybridized carbons (Fsp3) is 0.385. The Balaban J connectivity index is 2.18. The van der Waals surface area contributed by atoms with Gasteiger partial charge in [0.1, 0.15) is 6.04 Å². The molecule has 1 saturated heterocycles. The predicted octanol–water partition coefficient (Wildman–Crippen LogP) is -0.0108. The van der Waals surface area contributed by atoms with E-state index in [0.29, 0.717) is 25.1 Å². The number of hydrogen-bond donors (Lipinski definition) is 3. The van der Waals surface area contributed by atoms with Crippen molar-refractivity contribution >= 4 is 11.9 Å². The van der Waals surface area contributed by atoms with Crippen LogP contribution in [0.2, 0.25) is 0 Å². The van der Waals surface area contributed by atoms with E-state index >= 15 is 0 Å². The Morgan fingerprint density at radius 1 is 1.37 bits per heavy atom. The molecule has 0 bridgehead atoms. The number of nitrogens with two attached hydrogens (primary N) is 1. The first kappa shape index (κ1) is 13.4. The molecule has 1 aliphatic rings. The van der Waals surface area contributed by atoms with Gasteiger partial charge in [0.15, 0.2) is 0 Å². The Bertz CT molecular complexity index is 463. The zero-order chi connectivity index (χ0) is 13.8. The Hall–Kier alpha value is -2.08. The highest BCUT2D eigenvalue weighted by Gasteiger charge is 2.31. The van der Waals surface area contributed by atoms with Crippen LogP contribution in [0, 0.1) is 0 Å². The molecule has 2 atom stereocenters. The number of carbonyl (C=O) groups is 2. The van der Waals surface area contributed by atoms with Gasteiger partial charge in [-0.25, -0.2) is 4.79 Å². The van der Waals surface area contributed by atoms with E-state index < -0.39 is 18.2 Å². The predicted molar refractivity (Wildman–Crippen MR) is 69.1 cm³/mol. The molecule has 4 N–H and O–H groups in total. The number of benzene rings is 1. The number of nitrogens with one attached hydrogen (secondary N) is 1. The molecule has 0 aliphatic carbocycles. The van der Waals surface area contributed by atoms with Gasteiger partial charge in [-0.15, -0.1) is 0 Å². The summed E-state index contributed by atoms with van der Waals surface area (Å²) in [6.07, 6.45) is 0.0676. The van der Waals surface area contributed by atoms with Crippen molar-refractivity contribution in [2.24, 2.45) is 5.73 Å². The van der Waals surface area contributed by atoms with Gasteiger partial charge in [-0.2, -0.15) is 0 Å². The van der Waals surface area contributed by atoms with Crippen LogP contribution < -0.4 is 11.1 Å². The molecule has 0 saturated carbocycles. The molecule has 1 aliphatic heterocycles. The van der Waals surface area contributed by atoms with Crippen LogP contribution in [0.25, 0.3) is 0 Å². The van der Waals surface area contributed by atoms with Gasteiger partial charge in [-0.1, -0.05) is 30.3 Å². The summed E-state index contributed by atoms with van der Waals surface area (Å²) in [6, 6.07) is 7.37. The van der Waals surface area contributed by atoms with Crippen LogP contribution in [-0.2, 0) is 4.79 Å². The van der Waals surface area contributed by atoms with Gasteiger partial charge < -0.3 is 21.1 Å². The van der Waals surface area contributed by atoms with E-state index in [9.17, 15) is 14.7 Å². The molecule has 1 aromatic rings. The molecule has 1 unspecified atom stereocenters. The number of aliphatic hydroxyl groups excluding tert-OH is 1. The Kier molecular flexibility index (Phi) is 4.01. The maximum atomic E-state index is 12.4. The number of nitrogens with zero attached hydrogens (tertiary/aromatic N) is 1. The van der Waals surface area contributed by atoms with Crippen LogP contribution in [0.5, 0.6) is 0 Å². The fourth-order valence-corrected chi connectivity index (χ4v) is 2.20. The molecule has 102 valence electrons. The lowest BCUT2D eigenvalue weighted by Gasteiger charge is -2.23. The zero-order valence-electron chi connectivity index (χ0n) is 10.5. The molecule has 0 aromatic heterocycles. The number of aliphatic hydroxyl groups is 1. The van der Waals surface area contributed by atoms with Gasteiger partial charge >= 0.3 is 6.03 Å². The minimum absolute atomic E-state index is 0.249. The lowest BCUT2D eigenvalue weighted by atomic mass is 10.1. The number of hydrogen-bond acceptors (Lipinski definition) is 3. The molecule has 1 aromatic carbocycles. The minimum Gasteiger partial charge on any atom is -0.391 e. The van der Waals surface area contributed by atoms with Crippen molar-refractivity contribution in [3.05, 3.63) is 35.9 Å². The highest BCUT2D eigenvalue weighted by Crippen LogP contribution is 2.19. The summed E-state index contributed by atoms with van der Waals surface area (Å²) in [5, 5.41) is 11.9. The van der Waals surface area contributed by atoms with Crippen molar-refractivity contribution < 1.29 is 14.7 Å². The van der Waals surface area contributed by atoms with Crippen LogP contribution in [-0.4, -0.2) is 41.1 Å². The molecular weight excluding hydrogens is 246 g/mol. The summed E-state index contributed by atoms with van der Waals surface area (Å²) in [5.74, 6) is -0.249. The van der Waals surface area contributed by atoms with E-state index in [-0.39, 0.29) is 5.91 Å². The first-order chi connectivity index (χ1) is 9.08. The van der Waals surface area contributed by atoms with Gasteiger partial charge in [0.05, 0.1) is 6.10 Å². The van der Waals surface area contributed by atoms with Gasteiger partial charge in [0.2, 0.25) is 5.91 Å². The van der Waals surface area contributed by atoms with Crippen molar-refractivity contribution in [2.75, 3.05) is 13.1 Å². The standard InChI is InChI=1S/C13H17N3O3/c14-13(19)15-11(9-4-2-1-3-5-9)12(18)16-7-6-10(17)8-16/h1-5,10-11,17H,6-8H2,(H3,14,15,19)/t10-,11?/m0/s1. The van der Waals surface area contributed by atoms with E-state index in [4.69, 9.17) is 5.73 Å². The number of amides is 3. The van der Waals surface area contributed by atoms with E-state index in [1.54, 1.807) is 24.3 Å². The molecule has 0 radical (unpaired) electrons. The zero-order valence-corrected chi connectivity index (χ0v) is 10.5. The number of urea groups is 1. The molecule has 6 nitrogen and oxygen atoms in total. The van der Waals surface area contributed by atoms with Crippen LogP contribution in [0.3, 0.4) is 0 Å². The number of primary amides is 1. The highest BCUT2D eigenvalue weighted by atomic mass is 16.3. The van der Waals surface area contributed by atoms with Crippen molar-refractivity contribution in [1.82, 2.24) is 10.2 Å². The van der Waals surface area contributed by atoms with Gasteiger partial charge in [-0.05, 0) is 12.0 Å². The Labute approximate surface area is 111 Å². The summed E-state index contributed by atoms with van der Waals surface area (Å²) in [4.78, 5) is 25.0. The maximum Gasteiger partial charge on any atom is 0.313 e. The molecule has 3 amide bonds. The third-order valence-corrected chi connectivity index (χ3v) is 3.14. The van der Waals surface area contributed by atoms with Crippen molar-refractivity contribution in [1.29, 1.82) is 0 Å². The van der Waals surface area contributed by atoms with Gasteiger partial charge in [0.25, 0.3) is 0 Å². The quantitative estimate of drug-likeness (QED) is 0.715. The third-order valence-electron chi connectivity index (χ3n) is 3.14. The normalized spacial score (nSPS) is 20.1. The number of carbonyl (C=O) groups excluding carboxylic acids is 2. The summed E-state index contributed by atoms with van der Waals surface area (Å²) in [5.41, 5.74) is 5.80. The van der Waals surface area contributed by atoms with Crippen molar-refractivity contribution in [3.8, 4) is 0 Å². The fourth-order valence-electron chi connectivity index (χ4n) is 2.20. The van der Waals surface area contributed by atoms with Crippen molar-refractivity contribution in [2.45, 2.75) is 18.6 Å². The molecule has 1 fully saturated rings. The van der Waals surface area contributed by atoms with Crippen LogP contribution in [0.1, 0.15) is 18.0 Å². The third kappa shape index (κ3) is 3.23. The first-order valence-electron chi connectivity index (χ1n) is 6.15. The smallest absolute Gasteiger partial charge is 0.313 e. The second-order valence-corrected chi connectivity index (χ2v) is 4.58. The van der Waals surface area contributed by atoms with Crippen LogP contribution >= 0.6 is 0 Å².